The Hall–Kier alpha value is -0.0800. The minimum atomic E-state index is -0.0391. The van der Waals surface area contributed by atoms with Gasteiger partial charge in [-0.1, -0.05) is 40.0 Å². The molecule has 2 saturated carbocycles. The first-order valence-electron chi connectivity index (χ1n) is 8.29. The normalized spacial score (nSPS) is 45.9. The summed E-state index contributed by atoms with van der Waals surface area (Å²) in [4.78, 5) is 0. The van der Waals surface area contributed by atoms with Crippen molar-refractivity contribution in [3.63, 3.8) is 0 Å². The van der Waals surface area contributed by atoms with Gasteiger partial charge < -0.3 is 10.5 Å². The second-order valence-electron chi connectivity index (χ2n) is 7.52. The van der Waals surface area contributed by atoms with Crippen molar-refractivity contribution in [2.24, 2.45) is 29.4 Å². The molecule has 0 heterocycles. The van der Waals surface area contributed by atoms with E-state index in [0.717, 1.165) is 30.6 Å². The number of nitrogens with two attached hydrogens (primary N) is 1. The molecule has 0 saturated heterocycles. The van der Waals surface area contributed by atoms with Crippen LogP contribution in [0.15, 0.2) is 0 Å². The van der Waals surface area contributed by atoms with Gasteiger partial charge in [0.15, 0.2) is 0 Å². The van der Waals surface area contributed by atoms with Crippen molar-refractivity contribution in [2.45, 2.75) is 77.4 Å². The lowest BCUT2D eigenvalue weighted by atomic mass is 9.65. The van der Waals surface area contributed by atoms with Gasteiger partial charge in [-0.3, -0.25) is 0 Å². The lowest BCUT2D eigenvalue weighted by Gasteiger charge is -2.48. The Kier molecular flexibility index (Phi) is 4.94. The van der Waals surface area contributed by atoms with Gasteiger partial charge in [-0.05, 0) is 49.4 Å². The third-order valence-corrected chi connectivity index (χ3v) is 6.15. The van der Waals surface area contributed by atoms with Crippen molar-refractivity contribution in [3.8, 4) is 0 Å². The molecule has 112 valence electrons. The Labute approximate surface area is 119 Å². The maximum atomic E-state index is 6.71. The molecule has 2 rings (SSSR count). The van der Waals surface area contributed by atoms with Gasteiger partial charge in [-0.25, -0.2) is 0 Å². The van der Waals surface area contributed by atoms with Crippen LogP contribution in [0.3, 0.4) is 0 Å². The highest BCUT2D eigenvalue weighted by molar-refractivity contribution is 4.99. The molecule has 6 atom stereocenters. The van der Waals surface area contributed by atoms with Crippen LogP contribution in [0, 0.1) is 23.7 Å². The summed E-state index contributed by atoms with van der Waals surface area (Å²) in [6.45, 7) is 7.14. The number of hydrogen-bond donors (Lipinski definition) is 1. The Morgan fingerprint density at radius 2 is 1.84 bits per heavy atom. The Morgan fingerprint density at radius 3 is 2.42 bits per heavy atom. The molecule has 2 nitrogen and oxygen atoms in total. The van der Waals surface area contributed by atoms with Gasteiger partial charge in [0.05, 0.1) is 5.60 Å². The Morgan fingerprint density at radius 1 is 1.11 bits per heavy atom. The average Bonchev–Trinajstić information content (AvgIpc) is 2.41. The van der Waals surface area contributed by atoms with Crippen molar-refractivity contribution in [1.29, 1.82) is 0 Å². The SMILES string of the molecule is COC1(C(N)C2CCC(C)C(C)C2)CCCC(C)C1. The van der Waals surface area contributed by atoms with Crippen molar-refractivity contribution < 1.29 is 4.74 Å². The highest BCUT2D eigenvalue weighted by Gasteiger charge is 2.44. The van der Waals surface area contributed by atoms with E-state index in [9.17, 15) is 0 Å². The van der Waals surface area contributed by atoms with E-state index in [2.05, 4.69) is 20.8 Å². The van der Waals surface area contributed by atoms with Crippen LogP contribution in [-0.4, -0.2) is 18.8 Å². The first-order valence-corrected chi connectivity index (χ1v) is 8.29. The van der Waals surface area contributed by atoms with Gasteiger partial charge in [-0.2, -0.15) is 0 Å². The largest absolute Gasteiger partial charge is 0.377 e. The van der Waals surface area contributed by atoms with Crippen molar-refractivity contribution >= 4 is 0 Å². The van der Waals surface area contributed by atoms with Gasteiger partial charge in [0.25, 0.3) is 0 Å². The van der Waals surface area contributed by atoms with Gasteiger partial charge in [0.1, 0.15) is 0 Å². The summed E-state index contributed by atoms with van der Waals surface area (Å²) in [7, 11) is 1.88. The lowest BCUT2D eigenvalue weighted by Crippen LogP contribution is -2.56. The molecule has 0 amide bonds. The molecule has 0 spiro atoms. The summed E-state index contributed by atoms with van der Waals surface area (Å²) in [5, 5.41) is 0. The van der Waals surface area contributed by atoms with Crippen LogP contribution < -0.4 is 5.73 Å². The molecular weight excluding hydrogens is 234 g/mol. The van der Waals surface area contributed by atoms with Crippen LogP contribution >= 0.6 is 0 Å². The highest BCUT2D eigenvalue weighted by Crippen LogP contribution is 2.43. The van der Waals surface area contributed by atoms with E-state index in [4.69, 9.17) is 10.5 Å². The second kappa shape index (κ2) is 6.13. The Bertz CT molecular complexity index is 293. The van der Waals surface area contributed by atoms with E-state index < -0.39 is 0 Å². The minimum absolute atomic E-state index is 0.0391. The predicted molar refractivity (Wildman–Crippen MR) is 81.0 cm³/mol. The molecule has 0 aliphatic heterocycles. The predicted octanol–water partition coefficient (Wildman–Crippen LogP) is 3.98. The molecule has 2 heteroatoms. The molecule has 0 aromatic heterocycles. The van der Waals surface area contributed by atoms with E-state index in [-0.39, 0.29) is 11.6 Å². The maximum absolute atomic E-state index is 6.71. The third-order valence-electron chi connectivity index (χ3n) is 6.15. The molecule has 2 N–H and O–H groups in total. The van der Waals surface area contributed by atoms with Crippen molar-refractivity contribution in [2.75, 3.05) is 7.11 Å². The van der Waals surface area contributed by atoms with E-state index in [1.807, 2.05) is 7.11 Å². The second-order valence-corrected chi connectivity index (χ2v) is 7.52. The van der Waals surface area contributed by atoms with Crippen LogP contribution in [0.5, 0.6) is 0 Å². The van der Waals surface area contributed by atoms with Crippen LogP contribution in [0.25, 0.3) is 0 Å². The molecule has 2 aliphatic rings. The topological polar surface area (TPSA) is 35.2 Å². The first kappa shape index (κ1) is 15.3. The smallest absolute Gasteiger partial charge is 0.0834 e. The molecule has 0 bridgehead atoms. The zero-order valence-electron chi connectivity index (χ0n) is 13.3. The highest BCUT2D eigenvalue weighted by atomic mass is 16.5. The molecular formula is C17H33NO. The van der Waals surface area contributed by atoms with E-state index in [1.165, 1.54) is 32.1 Å². The van der Waals surface area contributed by atoms with Crippen LogP contribution in [0.2, 0.25) is 0 Å². The molecule has 6 unspecified atom stereocenters. The van der Waals surface area contributed by atoms with Crippen LogP contribution in [0.1, 0.15) is 65.7 Å². The number of ether oxygens (including phenoxy) is 1. The molecule has 19 heavy (non-hydrogen) atoms. The summed E-state index contributed by atoms with van der Waals surface area (Å²) >= 11 is 0. The average molecular weight is 267 g/mol. The zero-order chi connectivity index (χ0) is 14.0. The first-order chi connectivity index (χ1) is 8.98. The van der Waals surface area contributed by atoms with Crippen molar-refractivity contribution in [1.82, 2.24) is 0 Å². The lowest BCUT2D eigenvalue weighted by molar-refractivity contribution is -0.0890. The van der Waals surface area contributed by atoms with Crippen LogP contribution in [0.4, 0.5) is 0 Å². The molecule has 2 aliphatic carbocycles. The standard InChI is InChI=1S/C17H33NO/c1-12-6-5-9-17(11-12,19-4)16(18)15-8-7-13(2)14(3)10-15/h12-16H,5-11,18H2,1-4H3. The number of rotatable bonds is 3. The molecule has 0 aromatic carbocycles. The molecule has 0 radical (unpaired) electrons. The summed E-state index contributed by atoms with van der Waals surface area (Å²) in [6, 6.07) is 0.232. The van der Waals surface area contributed by atoms with E-state index >= 15 is 0 Å². The summed E-state index contributed by atoms with van der Waals surface area (Å²) in [5.41, 5.74) is 6.67. The summed E-state index contributed by atoms with van der Waals surface area (Å²) in [5.74, 6) is 3.11. The minimum Gasteiger partial charge on any atom is -0.377 e. The summed E-state index contributed by atoms with van der Waals surface area (Å²) in [6.07, 6.45) is 8.88. The number of hydrogen-bond acceptors (Lipinski definition) is 2. The van der Waals surface area contributed by atoms with Gasteiger partial charge in [0, 0.05) is 13.2 Å². The molecule has 2 fully saturated rings. The van der Waals surface area contributed by atoms with E-state index in [1.54, 1.807) is 0 Å². The number of methoxy groups -OCH3 is 1. The van der Waals surface area contributed by atoms with Gasteiger partial charge in [-0.15, -0.1) is 0 Å². The van der Waals surface area contributed by atoms with Gasteiger partial charge in [0.2, 0.25) is 0 Å². The van der Waals surface area contributed by atoms with E-state index in [0.29, 0.717) is 5.92 Å². The quantitative estimate of drug-likeness (QED) is 0.839. The third kappa shape index (κ3) is 3.16. The van der Waals surface area contributed by atoms with Crippen molar-refractivity contribution in [3.05, 3.63) is 0 Å². The molecule has 0 aromatic rings. The maximum Gasteiger partial charge on any atom is 0.0834 e. The monoisotopic (exact) mass is 267 g/mol. The fraction of sp³-hybridized carbons (Fsp3) is 1.00. The fourth-order valence-corrected chi connectivity index (χ4v) is 4.51. The fourth-order valence-electron chi connectivity index (χ4n) is 4.51. The Balaban J connectivity index is 2.05. The summed E-state index contributed by atoms with van der Waals surface area (Å²) < 4.78 is 6.00. The zero-order valence-corrected chi connectivity index (χ0v) is 13.3. The van der Waals surface area contributed by atoms with Crippen LogP contribution in [-0.2, 0) is 4.74 Å². The van der Waals surface area contributed by atoms with Gasteiger partial charge >= 0.3 is 0 Å².